The number of halogens is 4. The average molecular weight is 555 g/mol. The van der Waals surface area contributed by atoms with E-state index in [9.17, 15) is 22.0 Å². The lowest BCUT2D eigenvalue weighted by Gasteiger charge is -2.54. The number of carbonyl (C=O) groups is 1. The van der Waals surface area contributed by atoms with Crippen molar-refractivity contribution in [1.29, 1.82) is 0 Å². The number of sulfonamides is 1. The van der Waals surface area contributed by atoms with Gasteiger partial charge in [-0.3, -0.25) is 9.69 Å². The molecule has 1 N–H and O–H groups in total. The lowest BCUT2D eigenvalue weighted by Crippen LogP contribution is -2.67. The first-order valence-corrected chi connectivity index (χ1v) is 14.2. The molecule has 1 aromatic rings. The number of hydrogen-bond donors (Lipinski definition) is 1. The first-order valence-electron chi connectivity index (χ1n) is 12.2. The molecular weight excluding hydrogens is 519 g/mol. The Morgan fingerprint density at radius 1 is 1.14 bits per heavy atom. The molecule has 1 aromatic carbocycles. The maximum absolute atomic E-state index is 14.9. The molecule has 1 aliphatic heterocycles. The Balaban J connectivity index is 0.00000342. The van der Waals surface area contributed by atoms with Crippen molar-refractivity contribution in [3.05, 3.63) is 35.9 Å². The fourth-order valence-corrected chi connectivity index (χ4v) is 7.54. The van der Waals surface area contributed by atoms with Crippen LogP contribution in [-0.2, 0) is 10.0 Å². The molecule has 0 aromatic heterocycles. The second-order valence-corrected chi connectivity index (χ2v) is 12.4. The van der Waals surface area contributed by atoms with E-state index >= 15 is 0 Å². The molecule has 1 amide bonds. The third kappa shape index (κ3) is 6.12. The van der Waals surface area contributed by atoms with Gasteiger partial charge in [0.1, 0.15) is 5.50 Å². The summed E-state index contributed by atoms with van der Waals surface area (Å²) in [5, 5.41) is 2.88. The number of rotatable bonds is 8. The third-order valence-corrected chi connectivity index (χ3v) is 10.3. The number of amides is 1. The summed E-state index contributed by atoms with van der Waals surface area (Å²) in [7, 11) is -3.33. The molecule has 1 heterocycles. The Labute approximate surface area is 218 Å². The van der Waals surface area contributed by atoms with Crippen molar-refractivity contribution < 1.29 is 22.0 Å². The minimum absolute atomic E-state index is 0. The van der Waals surface area contributed by atoms with Crippen LogP contribution in [0.5, 0.6) is 0 Å². The van der Waals surface area contributed by atoms with Crippen LogP contribution in [0.15, 0.2) is 30.3 Å². The van der Waals surface area contributed by atoms with E-state index in [1.165, 1.54) is 4.31 Å². The van der Waals surface area contributed by atoms with Crippen molar-refractivity contribution in [2.75, 3.05) is 31.9 Å². The molecule has 2 aliphatic carbocycles. The minimum atomic E-state index is -3.33. The molecule has 35 heavy (non-hydrogen) atoms. The van der Waals surface area contributed by atoms with Gasteiger partial charge in [0.2, 0.25) is 10.0 Å². The van der Waals surface area contributed by atoms with Crippen LogP contribution in [0.4, 0.5) is 8.78 Å². The number of piperazine rings is 1. The highest BCUT2D eigenvalue weighted by Crippen LogP contribution is 2.55. The van der Waals surface area contributed by atoms with E-state index in [4.69, 9.17) is 11.6 Å². The molecule has 3 aliphatic rings. The van der Waals surface area contributed by atoms with Crippen molar-refractivity contribution in [1.82, 2.24) is 14.5 Å². The summed E-state index contributed by atoms with van der Waals surface area (Å²) < 4.78 is 56.4. The van der Waals surface area contributed by atoms with E-state index in [-0.39, 0.29) is 49.2 Å². The fourth-order valence-electron chi connectivity index (χ4n) is 5.61. The molecule has 3 atom stereocenters. The van der Waals surface area contributed by atoms with Gasteiger partial charge in [-0.25, -0.2) is 17.2 Å². The van der Waals surface area contributed by atoms with Gasteiger partial charge >= 0.3 is 0 Å². The van der Waals surface area contributed by atoms with Gasteiger partial charge < -0.3 is 5.32 Å². The van der Waals surface area contributed by atoms with Crippen LogP contribution in [0, 0.1) is 11.8 Å². The maximum atomic E-state index is 14.9. The van der Waals surface area contributed by atoms with Crippen LogP contribution in [-0.4, -0.2) is 72.4 Å². The summed E-state index contributed by atoms with van der Waals surface area (Å²) in [6, 6.07) is 8.70. The van der Waals surface area contributed by atoms with Crippen molar-refractivity contribution in [2.24, 2.45) is 11.8 Å². The van der Waals surface area contributed by atoms with E-state index < -0.39 is 32.9 Å². The Morgan fingerprint density at radius 3 is 2.34 bits per heavy atom. The summed E-state index contributed by atoms with van der Waals surface area (Å²) in [4.78, 5) is 15.0. The normalized spacial score (nSPS) is 28.6. The van der Waals surface area contributed by atoms with E-state index in [0.717, 1.165) is 12.8 Å². The van der Waals surface area contributed by atoms with Crippen LogP contribution in [0.25, 0.3) is 0 Å². The number of nitrogens with one attached hydrogen (secondary N) is 1. The first-order chi connectivity index (χ1) is 16.1. The highest BCUT2D eigenvalue weighted by atomic mass is 35.5. The standard InChI is InChI=1S/C24H34ClF2N3O3S.ClH/c1-2-16-34(32,33)30-14-12-29(13-15-30)23(10-11-24(26,27)20(17-23)18-8-9-18)22(25)28-21(31)19-6-4-3-5-7-19;/h3-7,18,20,22H,2,8-17H2,1H3,(H,28,31);1H. The number of benzene rings is 1. The monoisotopic (exact) mass is 553 g/mol. The lowest BCUT2D eigenvalue weighted by atomic mass is 9.70. The highest BCUT2D eigenvalue weighted by Gasteiger charge is 2.59. The molecule has 0 spiro atoms. The van der Waals surface area contributed by atoms with E-state index in [1.54, 1.807) is 24.3 Å². The van der Waals surface area contributed by atoms with E-state index in [0.29, 0.717) is 38.2 Å². The van der Waals surface area contributed by atoms with Gasteiger partial charge in [-0.1, -0.05) is 36.7 Å². The third-order valence-electron chi connectivity index (χ3n) is 7.69. The lowest BCUT2D eigenvalue weighted by molar-refractivity contribution is -0.139. The van der Waals surface area contributed by atoms with E-state index in [1.807, 2.05) is 13.0 Å². The zero-order valence-electron chi connectivity index (χ0n) is 20.0. The number of carbonyl (C=O) groups excluding carboxylic acids is 1. The van der Waals surface area contributed by atoms with Crippen molar-refractivity contribution >= 4 is 39.9 Å². The highest BCUT2D eigenvalue weighted by molar-refractivity contribution is 7.89. The summed E-state index contributed by atoms with van der Waals surface area (Å²) in [5.41, 5.74) is -1.28. The second kappa shape index (κ2) is 11.2. The van der Waals surface area contributed by atoms with Crippen molar-refractivity contribution in [2.45, 2.75) is 62.4 Å². The summed E-state index contributed by atoms with van der Waals surface area (Å²) in [6.07, 6.45) is 2.18. The van der Waals surface area contributed by atoms with E-state index in [2.05, 4.69) is 10.2 Å². The average Bonchev–Trinajstić information content (AvgIpc) is 3.65. The van der Waals surface area contributed by atoms with Gasteiger partial charge in [0, 0.05) is 44.1 Å². The van der Waals surface area contributed by atoms with Crippen LogP contribution in [0.2, 0.25) is 0 Å². The first kappa shape index (κ1) is 28.6. The molecular formula is C24H35Cl2F2N3O3S. The van der Waals surface area contributed by atoms with Gasteiger partial charge in [0.05, 0.1) is 11.3 Å². The smallest absolute Gasteiger partial charge is 0.252 e. The molecule has 198 valence electrons. The molecule has 6 nitrogen and oxygen atoms in total. The minimum Gasteiger partial charge on any atom is -0.334 e. The number of hydrogen-bond acceptors (Lipinski definition) is 4. The Hall–Kier alpha value is -1.00. The Kier molecular flexibility index (Phi) is 9.12. The molecule has 4 rings (SSSR count). The quantitative estimate of drug-likeness (QED) is 0.384. The molecule has 2 saturated carbocycles. The van der Waals surface area contributed by atoms with Crippen LogP contribution in [0.1, 0.15) is 55.8 Å². The molecule has 3 unspecified atom stereocenters. The molecule has 11 heteroatoms. The summed E-state index contributed by atoms with van der Waals surface area (Å²) in [6.45, 7) is 3.22. The van der Waals surface area contributed by atoms with Gasteiger partial charge in [-0.15, -0.1) is 12.4 Å². The van der Waals surface area contributed by atoms with Crippen molar-refractivity contribution in [3.8, 4) is 0 Å². The SMILES string of the molecule is CCCS(=O)(=O)N1CCN(C2(C(Cl)NC(=O)c3ccccc3)CCC(F)(F)C(C3CC3)C2)CC1.Cl. The Morgan fingerprint density at radius 2 is 1.77 bits per heavy atom. The second-order valence-electron chi connectivity index (χ2n) is 9.92. The molecule has 1 saturated heterocycles. The van der Waals surface area contributed by atoms with Gasteiger partial charge in [0.15, 0.2) is 0 Å². The number of nitrogens with zero attached hydrogens (tertiary/aromatic N) is 2. The summed E-state index contributed by atoms with van der Waals surface area (Å²) in [5.74, 6) is -3.80. The largest absolute Gasteiger partial charge is 0.334 e. The summed E-state index contributed by atoms with van der Waals surface area (Å²) >= 11 is 6.90. The predicted molar refractivity (Wildman–Crippen MR) is 136 cm³/mol. The Bertz CT molecular complexity index is 973. The van der Waals surface area contributed by atoms with Crippen LogP contribution >= 0.6 is 24.0 Å². The zero-order valence-corrected chi connectivity index (χ0v) is 22.4. The maximum Gasteiger partial charge on any atom is 0.252 e. The number of alkyl halides is 3. The predicted octanol–water partition coefficient (Wildman–Crippen LogP) is 4.34. The topological polar surface area (TPSA) is 69.7 Å². The van der Waals surface area contributed by atoms with Crippen LogP contribution < -0.4 is 5.32 Å². The van der Waals surface area contributed by atoms with Crippen LogP contribution in [0.3, 0.4) is 0 Å². The van der Waals surface area contributed by atoms with Gasteiger partial charge in [-0.05, 0) is 50.2 Å². The zero-order chi connectivity index (χ0) is 24.6. The molecule has 0 bridgehead atoms. The molecule has 3 fully saturated rings. The fraction of sp³-hybridized carbons (Fsp3) is 0.708. The van der Waals surface area contributed by atoms with Gasteiger partial charge in [-0.2, -0.15) is 4.31 Å². The van der Waals surface area contributed by atoms with Gasteiger partial charge in [0.25, 0.3) is 11.8 Å². The molecule has 0 radical (unpaired) electrons. The van der Waals surface area contributed by atoms with Crippen molar-refractivity contribution in [3.63, 3.8) is 0 Å².